The summed E-state index contributed by atoms with van der Waals surface area (Å²) in [4.78, 5) is 0. The van der Waals surface area contributed by atoms with E-state index in [0.717, 1.165) is 54.9 Å². The second kappa shape index (κ2) is 7.63. The average Bonchev–Trinajstić information content (AvgIpc) is 3.00. The molecule has 2 nitrogen and oxygen atoms in total. The van der Waals surface area contributed by atoms with Crippen LogP contribution in [-0.4, -0.2) is 17.8 Å². The predicted molar refractivity (Wildman–Crippen MR) is 113 cm³/mol. The lowest BCUT2D eigenvalue weighted by Crippen LogP contribution is -2.54. The number of hydrogen-bond acceptors (Lipinski definition) is 2. The normalized spacial score (nSPS) is 50.6. The van der Waals surface area contributed by atoms with Crippen molar-refractivity contribution in [2.24, 2.45) is 52.1 Å². The molecule has 4 saturated carbocycles. The van der Waals surface area contributed by atoms with Gasteiger partial charge in [0.1, 0.15) is 0 Å². The van der Waals surface area contributed by atoms with E-state index in [1.807, 2.05) is 0 Å². The molecule has 0 bridgehead atoms. The summed E-state index contributed by atoms with van der Waals surface area (Å²) in [6, 6.07) is 0. The van der Waals surface area contributed by atoms with Gasteiger partial charge in [-0.25, -0.2) is 0 Å². The fourth-order valence-electron chi connectivity index (χ4n) is 9.02. The highest BCUT2D eigenvalue weighted by molar-refractivity contribution is 5.09. The van der Waals surface area contributed by atoms with Gasteiger partial charge in [0, 0.05) is 0 Å². The van der Waals surface area contributed by atoms with Crippen molar-refractivity contribution in [1.29, 1.82) is 0 Å². The maximum atomic E-state index is 10.2. The molecule has 0 saturated heterocycles. The summed E-state index contributed by atoms with van der Waals surface area (Å²) in [7, 11) is 0. The second-order valence-corrected chi connectivity index (χ2v) is 11.6. The molecule has 0 aromatic heterocycles. The molecule has 1 unspecified atom stereocenters. The lowest BCUT2D eigenvalue weighted by molar-refractivity contribution is -0.129. The Kier molecular flexibility index (Phi) is 5.71. The molecule has 0 spiro atoms. The minimum atomic E-state index is -0.0151. The van der Waals surface area contributed by atoms with E-state index in [1.165, 1.54) is 64.2 Å². The van der Waals surface area contributed by atoms with Crippen LogP contribution < -0.4 is 5.73 Å². The van der Waals surface area contributed by atoms with Gasteiger partial charge >= 0.3 is 0 Å². The summed E-state index contributed by atoms with van der Waals surface area (Å²) in [6.45, 7) is 8.70. The monoisotopic (exact) mass is 375 g/mol. The first-order chi connectivity index (χ1) is 12.9. The molecule has 0 heterocycles. The van der Waals surface area contributed by atoms with Gasteiger partial charge in [-0.3, -0.25) is 0 Å². The average molecular weight is 376 g/mol. The van der Waals surface area contributed by atoms with Gasteiger partial charge in [-0.05, 0) is 117 Å². The smallest absolute Gasteiger partial charge is 0.0543 e. The Morgan fingerprint density at radius 1 is 0.926 bits per heavy atom. The molecule has 0 aromatic carbocycles. The van der Waals surface area contributed by atoms with Crippen LogP contribution in [0.1, 0.15) is 97.8 Å². The highest BCUT2D eigenvalue weighted by Gasteiger charge is 2.60. The van der Waals surface area contributed by atoms with Crippen LogP contribution in [0, 0.1) is 46.3 Å². The summed E-state index contributed by atoms with van der Waals surface area (Å²) in [5, 5.41) is 10.2. The fourth-order valence-corrected chi connectivity index (χ4v) is 9.02. The Hall–Kier alpha value is -0.0800. The lowest BCUT2D eigenvalue weighted by atomic mass is 9.44. The van der Waals surface area contributed by atoms with Crippen molar-refractivity contribution in [2.45, 2.75) is 104 Å². The zero-order valence-electron chi connectivity index (χ0n) is 18.3. The van der Waals surface area contributed by atoms with Crippen LogP contribution in [0.25, 0.3) is 0 Å². The lowest BCUT2D eigenvalue weighted by Gasteiger charge is -2.61. The van der Waals surface area contributed by atoms with Crippen molar-refractivity contribution in [3.8, 4) is 0 Å². The summed E-state index contributed by atoms with van der Waals surface area (Å²) >= 11 is 0. The fraction of sp³-hybridized carbons (Fsp3) is 1.00. The Morgan fingerprint density at radius 2 is 1.67 bits per heavy atom. The molecule has 27 heavy (non-hydrogen) atoms. The van der Waals surface area contributed by atoms with Gasteiger partial charge < -0.3 is 10.8 Å². The Bertz CT molecular complexity index is 520. The summed E-state index contributed by atoms with van der Waals surface area (Å²) < 4.78 is 0. The Balaban J connectivity index is 1.49. The SMILES string of the molecule is CC(CCCCN)[C@H]1CC[C@H]2[C@@H]3CC[C@H]4C[C@@H](O)CC[C@]4(C)[C@H]3CC[C@]12C. The minimum Gasteiger partial charge on any atom is -0.393 e. The molecular formula is C25H45NO. The number of aliphatic hydroxyl groups excluding tert-OH is 1. The van der Waals surface area contributed by atoms with Crippen LogP contribution in [0.4, 0.5) is 0 Å². The van der Waals surface area contributed by atoms with Crippen molar-refractivity contribution >= 4 is 0 Å². The van der Waals surface area contributed by atoms with Gasteiger partial charge in [-0.15, -0.1) is 0 Å². The number of hydrogen-bond donors (Lipinski definition) is 2. The predicted octanol–water partition coefficient (Wildman–Crippen LogP) is 5.77. The topological polar surface area (TPSA) is 46.2 Å². The number of nitrogens with two attached hydrogens (primary N) is 1. The second-order valence-electron chi connectivity index (χ2n) is 11.6. The molecule has 4 rings (SSSR count). The third-order valence-corrected chi connectivity index (χ3v) is 10.5. The van der Waals surface area contributed by atoms with Crippen LogP contribution in [-0.2, 0) is 0 Å². The molecular weight excluding hydrogens is 330 g/mol. The van der Waals surface area contributed by atoms with Gasteiger partial charge in [0.05, 0.1) is 6.10 Å². The number of aliphatic hydroxyl groups is 1. The van der Waals surface area contributed by atoms with E-state index in [-0.39, 0.29) is 6.10 Å². The molecule has 0 aromatic rings. The minimum absolute atomic E-state index is 0.0151. The number of fused-ring (bicyclic) bond motifs is 5. The van der Waals surface area contributed by atoms with E-state index in [1.54, 1.807) is 0 Å². The van der Waals surface area contributed by atoms with Crippen LogP contribution in [0.2, 0.25) is 0 Å². The van der Waals surface area contributed by atoms with E-state index in [0.29, 0.717) is 10.8 Å². The third-order valence-electron chi connectivity index (χ3n) is 10.5. The zero-order valence-corrected chi connectivity index (χ0v) is 18.3. The third kappa shape index (κ3) is 3.31. The van der Waals surface area contributed by atoms with Crippen molar-refractivity contribution in [2.75, 3.05) is 6.54 Å². The summed E-state index contributed by atoms with van der Waals surface area (Å²) in [6.07, 6.45) is 16.1. The van der Waals surface area contributed by atoms with Crippen molar-refractivity contribution in [3.05, 3.63) is 0 Å². The van der Waals surface area contributed by atoms with Crippen molar-refractivity contribution < 1.29 is 5.11 Å². The first-order valence-corrected chi connectivity index (χ1v) is 12.3. The van der Waals surface area contributed by atoms with E-state index < -0.39 is 0 Å². The van der Waals surface area contributed by atoms with Crippen LogP contribution >= 0.6 is 0 Å². The maximum absolute atomic E-state index is 10.2. The molecule has 9 atom stereocenters. The van der Waals surface area contributed by atoms with E-state index in [4.69, 9.17) is 5.73 Å². The molecule has 2 heteroatoms. The van der Waals surface area contributed by atoms with Crippen LogP contribution in [0.15, 0.2) is 0 Å². The zero-order chi connectivity index (χ0) is 19.2. The van der Waals surface area contributed by atoms with Crippen LogP contribution in [0.5, 0.6) is 0 Å². The van der Waals surface area contributed by atoms with E-state index in [2.05, 4.69) is 20.8 Å². The quantitative estimate of drug-likeness (QED) is 0.599. The highest BCUT2D eigenvalue weighted by atomic mass is 16.3. The van der Waals surface area contributed by atoms with Crippen molar-refractivity contribution in [1.82, 2.24) is 0 Å². The molecule has 4 aliphatic rings. The molecule has 156 valence electrons. The number of unbranched alkanes of at least 4 members (excludes halogenated alkanes) is 1. The van der Waals surface area contributed by atoms with Crippen molar-refractivity contribution in [3.63, 3.8) is 0 Å². The molecule has 4 aliphatic carbocycles. The molecule has 0 aliphatic heterocycles. The Morgan fingerprint density at radius 3 is 2.44 bits per heavy atom. The van der Waals surface area contributed by atoms with Gasteiger partial charge in [0.25, 0.3) is 0 Å². The van der Waals surface area contributed by atoms with E-state index >= 15 is 0 Å². The largest absolute Gasteiger partial charge is 0.393 e. The van der Waals surface area contributed by atoms with Gasteiger partial charge in [-0.1, -0.05) is 33.6 Å². The van der Waals surface area contributed by atoms with Gasteiger partial charge in [-0.2, -0.15) is 0 Å². The molecule has 0 radical (unpaired) electrons. The Labute approximate surface area is 168 Å². The highest BCUT2D eigenvalue weighted by Crippen LogP contribution is 2.68. The van der Waals surface area contributed by atoms with Gasteiger partial charge in [0.15, 0.2) is 0 Å². The summed E-state index contributed by atoms with van der Waals surface area (Å²) in [5.41, 5.74) is 6.85. The molecule has 4 fully saturated rings. The van der Waals surface area contributed by atoms with Crippen LogP contribution in [0.3, 0.4) is 0 Å². The number of rotatable bonds is 5. The van der Waals surface area contributed by atoms with Gasteiger partial charge in [0.2, 0.25) is 0 Å². The molecule has 0 amide bonds. The summed E-state index contributed by atoms with van der Waals surface area (Å²) in [5.74, 6) is 5.50. The first kappa shape index (κ1) is 20.2. The molecule has 3 N–H and O–H groups in total. The standard InChI is InChI=1S/C25H45NO/c1-17(6-4-5-15-26)21-9-10-22-20-8-7-18-16-19(27)11-13-24(18,2)23(20)12-14-25(21,22)3/h17-23,27H,4-16,26H2,1-3H3/t17?,18-,19-,20-,21+,22-,23-,24-,25+/m0/s1. The first-order valence-electron chi connectivity index (χ1n) is 12.3. The maximum Gasteiger partial charge on any atom is 0.0543 e. The van der Waals surface area contributed by atoms with E-state index in [9.17, 15) is 5.11 Å².